The molecular formula is C21H34BrIN4O. The van der Waals surface area contributed by atoms with Crippen LogP contribution in [-0.2, 0) is 10.2 Å². The van der Waals surface area contributed by atoms with E-state index in [4.69, 9.17) is 9.73 Å². The van der Waals surface area contributed by atoms with Crippen molar-refractivity contribution in [3.05, 3.63) is 34.3 Å². The third kappa shape index (κ3) is 7.46. The van der Waals surface area contributed by atoms with Gasteiger partial charge in [0.15, 0.2) is 5.96 Å². The molecule has 1 saturated heterocycles. The van der Waals surface area contributed by atoms with Gasteiger partial charge in [0.05, 0.1) is 19.8 Å². The maximum absolute atomic E-state index is 5.40. The molecule has 1 aliphatic heterocycles. The van der Waals surface area contributed by atoms with Crippen LogP contribution in [0.5, 0.6) is 0 Å². The fourth-order valence-electron chi connectivity index (χ4n) is 3.57. The number of morpholine rings is 1. The van der Waals surface area contributed by atoms with E-state index in [1.54, 1.807) is 0 Å². The number of nitrogens with one attached hydrogen (secondary N) is 2. The van der Waals surface area contributed by atoms with Gasteiger partial charge in [-0.3, -0.25) is 9.89 Å². The Morgan fingerprint density at radius 1 is 1.21 bits per heavy atom. The van der Waals surface area contributed by atoms with Crippen molar-refractivity contribution >= 4 is 45.9 Å². The number of rotatable bonds is 9. The molecule has 0 unspecified atom stereocenters. The molecule has 2 N–H and O–H groups in total. The van der Waals surface area contributed by atoms with E-state index in [-0.39, 0.29) is 29.4 Å². The predicted octanol–water partition coefficient (Wildman–Crippen LogP) is 3.77. The highest BCUT2D eigenvalue weighted by molar-refractivity contribution is 14.0. The summed E-state index contributed by atoms with van der Waals surface area (Å²) in [7, 11) is 0. The Morgan fingerprint density at radius 3 is 2.68 bits per heavy atom. The van der Waals surface area contributed by atoms with Gasteiger partial charge in [-0.15, -0.1) is 24.0 Å². The monoisotopic (exact) mass is 564 g/mol. The smallest absolute Gasteiger partial charge is 0.191 e. The van der Waals surface area contributed by atoms with Crippen molar-refractivity contribution in [3.8, 4) is 0 Å². The number of nitrogens with zero attached hydrogens (tertiary/aromatic N) is 2. The second-order valence-electron chi connectivity index (χ2n) is 7.57. The highest BCUT2D eigenvalue weighted by Gasteiger charge is 2.44. The Balaban J connectivity index is 0.00000280. The first-order valence-corrected chi connectivity index (χ1v) is 11.1. The molecule has 3 rings (SSSR count). The summed E-state index contributed by atoms with van der Waals surface area (Å²) in [6.45, 7) is 9.94. The first-order valence-electron chi connectivity index (χ1n) is 10.3. The second-order valence-corrected chi connectivity index (χ2v) is 8.49. The standard InChI is InChI=1S/C21H33BrN4O.HI/c1-2-23-20(24-10-3-4-11-26-12-14-27-15-13-26)25-17-21(8-9-21)18-6-5-7-19(22)16-18;/h5-7,16H,2-4,8-15,17H2,1H3,(H2,23,24,25);1H. The van der Waals surface area contributed by atoms with Crippen LogP contribution in [0.4, 0.5) is 0 Å². The molecule has 7 heteroatoms. The van der Waals surface area contributed by atoms with Crippen molar-refractivity contribution in [2.75, 3.05) is 52.5 Å². The Kier molecular flexibility index (Phi) is 10.5. The van der Waals surface area contributed by atoms with Gasteiger partial charge in [-0.05, 0) is 56.8 Å². The van der Waals surface area contributed by atoms with Crippen LogP contribution in [0, 0.1) is 0 Å². The molecule has 5 nitrogen and oxygen atoms in total. The zero-order valence-electron chi connectivity index (χ0n) is 16.9. The molecule has 2 fully saturated rings. The minimum absolute atomic E-state index is 0. The zero-order chi connectivity index (χ0) is 19.0. The maximum atomic E-state index is 5.40. The molecule has 2 aliphatic rings. The number of benzene rings is 1. The van der Waals surface area contributed by atoms with Crippen LogP contribution in [0.1, 0.15) is 38.2 Å². The summed E-state index contributed by atoms with van der Waals surface area (Å²) >= 11 is 3.59. The third-order valence-corrected chi connectivity index (χ3v) is 5.97. The molecule has 0 aromatic heterocycles. The third-order valence-electron chi connectivity index (χ3n) is 5.47. The summed E-state index contributed by atoms with van der Waals surface area (Å²) < 4.78 is 6.56. The summed E-state index contributed by atoms with van der Waals surface area (Å²) in [5, 5.41) is 6.90. The number of unbranched alkanes of at least 4 members (excludes halogenated alkanes) is 1. The molecule has 0 atom stereocenters. The zero-order valence-corrected chi connectivity index (χ0v) is 20.8. The Bertz CT molecular complexity index is 618. The number of hydrogen-bond donors (Lipinski definition) is 2. The van der Waals surface area contributed by atoms with Gasteiger partial charge < -0.3 is 15.4 Å². The number of aliphatic imine (C=N–C) groups is 1. The van der Waals surface area contributed by atoms with Crippen LogP contribution in [-0.4, -0.2) is 63.3 Å². The molecule has 1 aromatic carbocycles. The fourth-order valence-corrected chi connectivity index (χ4v) is 3.97. The summed E-state index contributed by atoms with van der Waals surface area (Å²) in [5.74, 6) is 0.949. The van der Waals surface area contributed by atoms with Gasteiger partial charge in [0.2, 0.25) is 0 Å². The molecule has 158 valence electrons. The molecular weight excluding hydrogens is 531 g/mol. The molecule has 0 spiro atoms. The van der Waals surface area contributed by atoms with Gasteiger partial charge in [0.25, 0.3) is 0 Å². The molecule has 0 amide bonds. The molecule has 0 bridgehead atoms. The highest BCUT2D eigenvalue weighted by atomic mass is 127. The van der Waals surface area contributed by atoms with E-state index < -0.39 is 0 Å². The summed E-state index contributed by atoms with van der Waals surface area (Å²) in [4.78, 5) is 7.39. The largest absolute Gasteiger partial charge is 0.379 e. The first kappa shape index (κ1) is 23.9. The maximum Gasteiger partial charge on any atom is 0.191 e. The van der Waals surface area contributed by atoms with E-state index in [2.05, 4.69) is 62.7 Å². The van der Waals surface area contributed by atoms with Crippen molar-refractivity contribution in [1.82, 2.24) is 15.5 Å². The Labute approximate surface area is 195 Å². The van der Waals surface area contributed by atoms with Crippen LogP contribution >= 0.6 is 39.9 Å². The van der Waals surface area contributed by atoms with Gasteiger partial charge in [-0.2, -0.15) is 0 Å². The summed E-state index contributed by atoms with van der Waals surface area (Å²) in [5.41, 5.74) is 1.64. The van der Waals surface area contributed by atoms with Crippen molar-refractivity contribution in [1.29, 1.82) is 0 Å². The number of ether oxygens (including phenoxy) is 1. The quantitative estimate of drug-likeness (QED) is 0.207. The summed E-state index contributed by atoms with van der Waals surface area (Å²) in [6.07, 6.45) is 4.84. The van der Waals surface area contributed by atoms with Gasteiger partial charge >= 0.3 is 0 Å². The Hall–Kier alpha value is -0.380. The summed E-state index contributed by atoms with van der Waals surface area (Å²) in [6, 6.07) is 8.69. The van der Waals surface area contributed by atoms with Crippen LogP contribution in [0.3, 0.4) is 0 Å². The highest BCUT2D eigenvalue weighted by Crippen LogP contribution is 2.48. The average molecular weight is 565 g/mol. The van der Waals surface area contributed by atoms with Gasteiger partial charge in [0, 0.05) is 36.1 Å². The second kappa shape index (κ2) is 12.3. The van der Waals surface area contributed by atoms with Crippen LogP contribution in [0.2, 0.25) is 0 Å². The van der Waals surface area contributed by atoms with Crippen molar-refractivity contribution in [3.63, 3.8) is 0 Å². The topological polar surface area (TPSA) is 48.9 Å². The van der Waals surface area contributed by atoms with E-state index in [0.717, 1.165) is 56.4 Å². The SMILES string of the molecule is CCNC(=NCC1(c2cccc(Br)c2)CC1)NCCCCN1CCOCC1.I. The molecule has 1 aliphatic carbocycles. The van der Waals surface area contributed by atoms with Gasteiger partial charge in [0.1, 0.15) is 0 Å². The molecule has 28 heavy (non-hydrogen) atoms. The van der Waals surface area contributed by atoms with E-state index in [1.165, 1.54) is 37.8 Å². The van der Waals surface area contributed by atoms with E-state index >= 15 is 0 Å². The van der Waals surface area contributed by atoms with E-state index in [1.807, 2.05) is 0 Å². The lowest BCUT2D eigenvalue weighted by Gasteiger charge is -2.26. The molecule has 1 saturated carbocycles. The van der Waals surface area contributed by atoms with E-state index in [0.29, 0.717) is 0 Å². The fraction of sp³-hybridized carbons (Fsp3) is 0.667. The molecule has 0 radical (unpaired) electrons. The van der Waals surface area contributed by atoms with E-state index in [9.17, 15) is 0 Å². The first-order chi connectivity index (χ1) is 13.2. The minimum Gasteiger partial charge on any atom is -0.379 e. The molecule has 1 aromatic rings. The lowest BCUT2D eigenvalue weighted by molar-refractivity contribution is 0.0372. The van der Waals surface area contributed by atoms with Gasteiger partial charge in [-0.1, -0.05) is 28.1 Å². The number of guanidine groups is 1. The van der Waals surface area contributed by atoms with Crippen LogP contribution < -0.4 is 10.6 Å². The molecule has 1 heterocycles. The van der Waals surface area contributed by atoms with Crippen LogP contribution in [0.15, 0.2) is 33.7 Å². The van der Waals surface area contributed by atoms with Crippen molar-refractivity contribution < 1.29 is 4.74 Å². The Morgan fingerprint density at radius 2 is 2.00 bits per heavy atom. The predicted molar refractivity (Wildman–Crippen MR) is 131 cm³/mol. The minimum atomic E-state index is 0. The van der Waals surface area contributed by atoms with Gasteiger partial charge in [-0.25, -0.2) is 0 Å². The van der Waals surface area contributed by atoms with Crippen molar-refractivity contribution in [2.45, 2.75) is 38.0 Å². The van der Waals surface area contributed by atoms with Crippen molar-refractivity contribution in [2.24, 2.45) is 4.99 Å². The lowest BCUT2D eigenvalue weighted by atomic mass is 9.96. The average Bonchev–Trinajstić information content (AvgIpc) is 3.48. The number of halogens is 2. The number of hydrogen-bond acceptors (Lipinski definition) is 3. The lowest BCUT2D eigenvalue weighted by Crippen LogP contribution is -2.39. The van der Waals surface area contributed by atoms with Crippen LogP contribution in [0.25, 0.3) is 0 Å². The normalized spacial score (nSPS) is 19.0.